The summed E-state index contributed by atoms with van der Waals surface area (Å²) >= 11 is 0. The first-order valence-corrected chi connectivity index (χ1v) is 20.0. The third kappa shape index (κ3) is 31.4. The monoisotopic (exact) mass is 659 g/mol. The van der Waals surface area contributed by atoms with Gasteiger partial charge in [-0.25, -0.2) is 4.57 Å². The molecule has 0 spiro atoms. The number of hydrogen-bond donors (Lipinski definition) is 4. The van der Waals surface area contributed by atoms with E-state index in [1.807, 2.05) is 6.08 Å². The van der Waals surface area contributed by atoms with E-state index in [1.165, 1.54) is 109 Å². The van der Waals surface area contributed by atoms with Crippen LogP contribution in [0.3, 0.4) is 0 Å². The molecule has 0 saturated carbocycles. The van der Waals surface area contributed by atoms with Gasteiger partial charge in [0, 0.05) is 13.0 Å². The maximum atomic E-state index is 12.7. The van der Waals surface area contributed by atoms with Crippen LogP contribution in [0.1, 0.15) is 168 Å². The van der Waals surface area contributed by atoms with E-state index < -0.39 is 20.0 Å². The summed E-state index contributed by atoms with van der Waals surface area (Å²) in [6.07, 6.45) is 35.1. The van der Waals surface area contributed by atoms with Crippen molar-refractivity contribution in [1.29, 1.82) is 0 Å². The number of unbranched alkanes of at least 4 members (excludes halogenated alkanes) is 20. The van der Waals surface area contributed by atoms with E-state index in [-0.39, 0.29) is 25.7 Å². The average Bonchev–Trinajstić information content (AvgIpc) is 3.02. The van der Waals surface area contributed by atoms with Gasteiger partial charge in [0.1, 0.15) is 0 Å². The number of phosphoric acid groups is 1. The van der Waals surface area contributed by atoms with Gasteiger partial charge < -0.3 is 21.1 Å². The predicted octanol–water partition coefficient (Wildman–Crippen LogP) is 9.44. The third-order valence-corrected chi connectivity index (χ3v) is 9.01. The number of phosphoric ester groups is 1. The van der Waals surface area contributed by atoms with E-state index in [2.05, 4.69) is 31.3 Å². The molecule has 0 bridgehead atoms. The van der Waals surface area contributed by atoms with Crippen molar-refractivity contribution < 1.29 is 28.4 Å². The second kappa shape index (κ2) is 32.9. The lowest BCUT2D eigenvalue weighted by atomic mass is 10.1. The van der Waals surface area contributed by atoms with E-state index in [9.17, 15) is 19.4 Å². The van der Waals surface area contributed by atoms with Gasteiger partial charge in [0.2, 0.25) is 5.91 Å². The third-order valence-electron chi connectivity index (χ3n) is 8.02. The lowest BCUT2D eigenvalue weighted by molar-refractivity contribution is -0.123. The molecule has 0 aliphatic carbocycles. The number of nitrogens with one attached hydrogen (secondary N) is 1. The topological polar surface area (TPSA) is 131 Å². The molecule has 3 atom stereocenters. The van der Waals surface area contributed by atoms with Gasteiger partial charge in [-0.3, -0.25) is 13.8 Å². The molecule has 0 aromatic heterocycles. The number of hydrogen-bond acceptors (Lipinski definition) is 6. The summed E-state index contributed by atoms with van der Waals surface area (Å²) in [6.45, 7) is 4.08. The number of carbonyl (C=O) groups excluding carboxylic acids is 1. The standard InChI is InChI=1S/C36H71N2O6P/c1-3-5-7-9-11-13-14-15-16-17-18-19-20-22-24-26-28-30-36(40)38-34(33-44-45(41,42)43-32-31-37)35(39)29-27-25-23-21-12-10-8-6-4-2/h15-16,27,29,34-35,39H,3-14,17-26,28,30-33,37H2,1-2H3,(H,38,40)(H,41,42)/b16-15-,29-27+/t34-,35+/m0/s1. The highest BCUT2D eigenvalue weighted by molar-refractivity contribution is 7.47. The van der Waals surface area contributed by atoms with Crippen LogP contribution in [0.4, 0.5) is 0 Å². The summed E-state index contributed by atoms with van der Waals surface area (Å²) in [4.78, 5) is 22.5. The maximum Gasteiger partial charge on any atom is 0.472 e. The van der Waals surface area contributed by atoms with Crippen LogP contribution >= 0.6 is 7.82 Å². The minimum absolute atomic E-state index is 0.0781. The van der Waals surface area contributed by atoms with Crippen LogP contribution in [0, 0.1) is 0 Å². The van der Waals surface area contributed by atoms with Crippen LogP contribution in [0.25, 0.3) is 0 Å². The Morgan fingerprint density at radius 1 is 0.711 bits per heavy atom. The highest BCUT2D eigenvalue weighted by Gasteiger charge is 2.26. The highest BCUT2D eigenvalue weighted by Crippen LogP contribution is 2.43. The Balaban J connectivity index is 4.24. The van der Waals surface area contributed by atoms with Gasteiger partial charge in [-0.15, -0.1) is 0 Å². The lowest BCUT2D eigenvalue weighted by Gasteiger charge is -2.23. The van der Waals surface area contributed by atoms with Crippen LogP contribution in [-0.2, 0) is 18.4 Å². The van der Waals surface area contributed by atoms with E-state index in [0.29, 0.717) is 6.42 Å². The molecule has 1 unspecified atom stereocenters. The molecule has 0 aliphatic heterocycles. The summed E-state index contributed by atoms with van der Waals surface area (Å²) in [5, 5.41) is 13.5. The van der Waals surface area contributed by atoms with Crippen LogP contribution in [-0.4, -0.2) is 47.8 Å². The van der Waals surface area contributed by atoms with Crippen molar-refractivity contribution in [1.82, 2.24) is 5.32 Å². The van der Waals surface area contributed by atoms with Crippen molar-refractivity contribution in [2.45, 2.75) is 180 Å². The van der Waals surface area contributed by atoms with Gasteiger partial charge in [-0.2, -0.15) is 0 Å². The molecular weight excluding hydrogens is 587 g/mol. The molecule has 1 amide bonds. The first-order valence-electron chi connectivity index (χ1n) is 18.5. The highest BCUT2D eigenvalue weighted by atomic mass is 31.2. The largest absolute Gasteiger partial charge is 0.472 e. The van der Waals surface area contributed by atoms with Crippen molar-refractivity contribution in [3.63, 3.8) is 0 Å². The molecule has 0 saturated heterocycles. The predicted molar refractivity (Wildman–Crippen MR) is 189 cm³/mol. The zero-order chi connectivity index (χ0) is 33.3. The lowest BCUT2D eigenvalue weighted by Crippen LogP contribution is -2.45. The molecule has 8 nitrogen and oxygen atoms in total. The van der Waals surface area contributed by atoms with Gasteiger partial charge >= 0.3 is 7.82 Å². The first kappa shape index (κ1) is 44.0. The summed E-state index contributed by atoms with van der Waals surface area (Å²) in [7, 11) is -4.32. The van der Waals surface area contributed by atoms with Gasteiger partial charge in [-0.1, -0.05) is 141 Å². The van der Waals surface area contributed by atoms with Crippen molar-refractivity contribution in [2.75, 3.05) is 19.8 Å². The second-order valence-corrected chi connectivity index (χ2v) is 13.9. The molecule has 0 radical (unpaired) electrons. The molecule has 266 valence electrons. The van der Waals surface area contributed by atoms with Gasteiger partial charge in [-0.05, 0) is 44.9 Å². The molecule has 5 N–H and O–H groups in total. The van der Waals surface area contributed by atoms with Gasteiger partial charge in [0.25, 0.3) is 0 Å². The molecule has 0 aliphatic rings. The van der Waals surface area contributed by atoms with E-state index in [1.54, 1.807) is 6.08 Å². The average molecular weight is 659 g/mol. The summed E-state index contributed by atoms with van der Waals surface area (Å²) in [6, 6.07) is -0.857. The Labute approximate surface area is 277 Å². The normalized spacial score (nSPS) is 14.7. The Kier molecular flexibility index (Phi) is 32.2. The maximum absolute atomic E-state index is 12.7. The zero-order valence-electron chi connectivity index (χ0n) is 29.1. The zero-order valence-corrected chi connectivity index (χ0v) is 30.0. The first-order chi connectivity index (χ1) is 21.9. The molecule has 0 rings (SSSR count). The van der Waals surface area contributed by atoms with Gasteiger partial charge in [0.15, 0.2) is 0 Å². The molecule has 0 heterocycles. The molecule has 45 heavy (non-hydrogen) atoms. The van der Waals surface area contributed by atoms with Crippen molar-refractivity contribution in [3.8, 4) is 0 Å². The Bertz CT molecular complexity index is 764. The number of aliphatic hydroxyl groups is 1. The van der Waals surface area contributed by atoms with Crippen LogP contribution < -0.4 is 11.1 Å². The number of allylic oxidation sites excluding steroid dienone is 3. The minimum Gasteiger partial charge on any atom is -0.387 e. The second-order valence-electron chi connectivity index (χ2n) is 12.4. The SMILES string of the molecule is CCCCCCCC/C=C\CCCCCCCCCC(=O)N[C@@H](COP(=O)(O)OCCN)[C@H](O)/C=C/CCCCCCCCC. The fourth-order valence-corrected chi connectivity index (χ4v) is 5.94. The fourth-order valence-electron chi connectivity index (χ4n) is 5.18. The summed E-state index contributed by atoms with van der Waals surface area (Å²) in [5.41, 5.74) is 5.34. The molecule has 0 aromatic carbocycles. The summed E-state index contributed by atoms with van der Waals surface area (Å²) < 4.78 is 22.0. The molecule has 9 heteroatoms. The number of nitrogens with two attached hydrogens (primary N) is 1. The van der Waals surface area contributed by atoms with E-state index in [4.69, 9.17) is 14.8 Å². The van der Waals surface area contributed by atoms with Crippen molar-refractivity contribution in [2.24, 2.45) is 5.73 Å². The van der Waals surface area contributed by atoms with Crippen molar-refractivity contribution in [3.05, 3.63) is 24.3 Å². The minimum atomic E-state index is -4.32. The van der Waals surface area contributed by atoms with E-state index in [0.717, 1.165) is 38.5 Å². The van der Waals surface area contributed by atoms with Crippen LogP contribution in [0.5, 0.6) is 0 Å². The van der Waals surface area contributed by atoms with Crippen LogP contribution in [0.2, 0.25) is 0 Å². The Morgan fingerprint density at radius 3 is 1.64 bits per heavy atom. The van der Waals surface area contributed by atoms with Gasteiger partial charge in [0.05, 0.1) is 25.4 Å². The van der Waals surface area contributed by atoms with Crippen LogP contribution in [0.15, 0.2) is 24.3 Å². The number of rotatable bonds is 34. The molecular formula is C36H71N2O6P. The Morgan fingerprint density at radius 2 is 1.16 bits per heavy atom. The number of aliphatic hydroxyl groups excluding tert-OH is 1. The number of amides is 1. The number of carbonyl (C=O) groups is 1. The molecule has 0 aromatic rings. The smallest absolute Gasteiger partial charge is 0.387 e. The quantitative estimate of drug-likeness (QED) is 0.0308. The summed E-state index contributed by atoms with van der Waals surface area (Å²) in [5.74, 6) is -0.202. The van der Waals surface area contributed by atoms with Crippen molar-refractivity contribution >= 4 is 13.7 Å². The molecule has 0 fully saturated rings. The fraction of sp³-hybridized carbons (Fsp3) is 0.861. The van der Waals surface area contributed by atoms with E-state index >= 15 is 0 Å². The Hall–Kier alpha value is -1.02.